The normalized spacial score (nSPS) is 13.3. The number of ether oxygens (including phenoxy) is 1. The molecule has 1 N–H and O–H groups in total. The first-order valence-electron chi connectivity index (χ1n) is 9.06. The van der Waals surface area contributed by atoms with E-state index in [1.165, 1.54) is 24.3 Å². The number of nitrogens with one attached hydrogen (secondary N) is 1. The van der Waals surface area contributed by atoms with E-state index in [2.05, 4.69) is 5.32 Å². The molecule has 0 saturated heterocycles. The maximum Gasteiger partial charge on any atom is 0.262 e. The lowest BCUT2D eigenvalue weighted by Gasteiger charge is -2.31. The molecule has 0 unspecified atom stereocenters. The molecule has 5 nitrogen and oxygen atoms in total. The minimum atomic E-state index is -0.360. The molecule has 3 rings (SSSR count). The minimum absolute atomic E-state index is 0.0825. The molecule has 0 saturated carbocycles. The summed E-state index contributed by atoms with van der Waals surface area (Å²) >= 11 is 0. The molecule has 0 aliphatic carbocycles. The third-order valence-electron chi connectivity index (χ3n) is 4.43. The highest BCUT2D eigenvalue weighted by atomic mass is 19.1. The maximum absolute atomic E-state index is 12.9. The number of anilines is 2. The van der Waals surface area contributed by atoms with Crippen LogP contribution in [-0.2, 0) is 16.0 Å². The molecule has 6 heteroatoms. The zero-order valence-electron chi connectivity index (χ0n) is 15.5. The summed E-state index contributed by atoms with van der Waals surface area (Å²) in [5.41, 5.74) is 2.58. The molecule has 2 aromatic carbocycles. The number of carbonyl (C=O) groups excluding carboxylic acids is 2. The Morgan fingerprint density at radius 1 is 1.19 bits per heavy atom. The zero-order valence-corrected chi connectivity index (χ0v) is 15.5. The van der Waals surface area contributed by atoms with E-state index in [4.69, 9.17) is 4.74 Å². The highest BCUT2D eigenvalue weighted by Crippen LogP contribution is 2.31. The molecular formula is C21H23FN2O3. The van der Waals surface area contributed by atoms with Gasteiger partial charge < -0.3 is 15.0 Å². The van der Waals surface area contributed by atoms with E-state index in [1.54, 1.807) is 4.90 Å². The van der Waals surface area contributed by atoms with Gasteiger partial charge in [0, 0.05) is 23.8 Å². The predicted molar refractivity (Wildman–Crippen MR) is 102 cm³/mol. The molecule has 0 fully saturated rings. The maximum atomic E-state index is 12.9. The van der Waals surface area contributed by atoms with Crippen molar-refractivity contribution in [2.75, 3.05) is 23.4 Å². The van der Waals surface area contributed by atoms with E-state index in [0.717, 1.165) is 24.1 Å². The molecule has 0 radical (unpaired) electrons. The number of nitrogens with zero attached hydrogens (tertiary/aromatic N) is 1. The van der Waals surface area contributed by atoms with Crippen LogP contribution in [0, 0.1) is 11.7 Å². The fourth-order valence-corrected chi connectivity index (χ4v) is 3.07. The van der Waals surface area contributed by atoms with Gasteiger partial charge in [-0.3, -0.25) is 9.59 Å². The van der Waals surface area contributed by atoms with Crippen molar-refractivity contribution < 1.29 is 18.7 Å². The van der Waals surface area contributed by atoms with Crippen LogP contribution in [0.3, 0.4) is 0 Å². The van der Waals surface area contributed by atoms with E-state index in [0.29, 0.717) is 18.0 Å². The SMILES string of the molecule is CC(C)C(=O)N1CCCc2ccc(NC(=O)COc3ccc(F)cc3)cc21. The Hall–Kier alpha value is -2.89. The Morgan fingerprint density at radius 3 is 2.63 bits per heavy atom. The molecule has 0 atom stereocenters. The first-order chi connectivity index (χ1) is 12.9. The van der Waals surface area contributed by atoms with Gasteiger partial charge in [0.2, 0.25) is 5.91 Å². The second-order valence-electron chi connectivity index (χ2n) is 6.88. The van der Waals surface area contributed by atoms with Crippen molar-refractivity contribution in [3.63, 3.8) is 0 Å². The highest BCUT2D eigenvalue weighted by Gasteiger charge is 2.24. The van der Waals surface area contributed by atoms with Crippen molar-refractivity contribution in [1.29, 1.82) is 0 Å². The van der Waals surface area contributed by atoms with Gasteiger partial charge in [-0.25, -0.2) is 4.39 Å². The number of fused-ring (bicyclic) bond motifs is 1. The molecule has 1 aliphatic rings. The van der Waals surface area contributed by atoms with Crippen molar-refractivity contribution in [2.45, 2.75) is 26.7 Å². The monoisotopic (exact) mass is 370 g/mol. The molecule has 1 aliphatic heterocycles. The summed E-state index contributed by atoms with van der Waals surface area (Å²) in [6, 6.07) is 11.1. The van der Waals surface area contributed by atoms with Crippen LogP contribution < -0.4 is 15.0 Å². The minimum Gasteiger partial charge on any atom is -0.484 e. The van der Waals surface area contributed by atoms with E-state index >= 15 is 0 Å². The smallest absolute Gasteiger partial charge is 0.262 e. The first kappa shape index (κ1) is 18.9. The van der Waals surface area contributed by atoms with Crippen molar-refractivity contribution >= 4 is 23.2 Å². The van der Waals surface area contributed by atoms with Crippen LogP contribution in [0.25, 0.3) is 0 Å². The molecule has 2 aromatic rings. The lowest BCUT2D eigenvalue weighted by atomic mass is 9.99. The Morgan fingerprint density at radius 2 is 1.93 bits per heavy atom. The van der Waals surface area contributed by atoms with Crippen LogP contribution in [0.4, 0.5) is 15.8 Å². The molecule has 2 amide bonds. The summed E-state index contributed by atoms with van der Waals surface area (Å²) in [4.78, 5) is 26.4. The van der Waals surface area contributed by atoms with E-state index in [9.17, 15) is 14.0 Å². The van der Waals surface area contributed by atoms with Crippen LogP contribution in [0.15, 0.2) is 42.5 Å². The van der Waals surface area contributed by atoms with Crippen LogP contribution in [0.1, 0.15) is 25.8 Å². The fraction of sp³-hybridized carbons (Fsp3) is 0.333. The topological polar surface area (TPSA) is 58.6 Å². The van der Waals surface area contributed by atoms with E-state index in [-0.39, 0.29) is 30.2 Å². The largest absolute Gasteiger partial charge is 0.484 e. The summed E-state index contributed by atoms with van der Waals surface area (Å²) in [5, 5.41) is 2.79. The van der Waals surface area contributed by atoms with Gasteiger partial charge in [0.15, 0.2) is 6.61 Å². The Bertz CT molecular complexity index is 834. The number of rotatable bonds is 5. The number of hydrogen-bond donors (Lipinski definition) is 1. The third kappa shape index (κ3) is 4.64. The van der Waals surface area contributed by atoms with Gasteiger partial charge in [-0.2, -0.15) is 0 Å². The third-order valence-corrected chi connectivity index (χ3v) is 4.43. The number of benzene rings is 2. The highest BCUT2D eigenvalue weighted by molar-refractivity contribution is 5.98. The zero-order chi connectivity index (χ0) is 19.4. The van der Waals surface area contributed by atoms with E-state index in [1.807, 2.05) is 32.0 Å². The van der Waals surface area contributed by atoms with Crippen LogP contribution in [0.2, 0.25) is 0 Å². The van der Waals surface area contributed by atoms with E-state index < -0.39 is 0 Å². The number of aryl methyl sites for hydroxylation is 1. The van der Waals surface area contributed by atoms with Crippen molar-refractivity contribution in [2.24, 2.45) is 5.92 Å². The van der Waals surface area contributed by atoms with Gasteiger partial charge in [-0.05, 0) is 54.8 Å². The summed E-state index contributed by atoms with van der Waals surface area (Å²) in [6.07, 6.45) is 1.85. The molecule has 0 spiro atoms. The summed E-state index contributed by atoms with van der Waals surface area (Å²) < 4.78 is 18.2. The van der Waals surface area contributed by atoms with Crippen LogP contribution >= 0.6 is 0 Å². The molecule has 0 aromatic heterocycles. The summed E-state index contributed by atoms with van der Waals surface area (Å²) in [7, 11) is 0. The van der Waals surface area contributed by atoms with Crippen LogP contribution in [0.5, 0.6) is 5.75 Å². The molecule has 0 bridgehead atoms. The van der Waals surface area contributed by atoms with Crippen molar-refractivity contribution in [3.8, 4) is 5.75 Å². The molecule has 1 heterocycles. The Balaban J connectivity index is 1.67. The Labute approximate surface area is 158 Å². The van der Waals surface area contributed by atoms with Crippen molar-refractivity contribution in [1.82, 2.24) is 0 Å². The Kier molecular flexibility index (Phi) is 5.74. The summed E-state index contributed by atoms with van der Waals surface area (Å²) in [5.74, 6) is -0.263. The van der Waals surface area contributed by atoms with Gasteiger partial charge in [-0.1, -0.05) is 19.9 Å². The molecule has 142 valence electrons. The van der Waals surface area contributed by atoms with Gasteiger partial charge in [-0.15, -0.1) is 0 Å². The second-order valence-corrected chi connectivity index (χ2v) is 6.88. The lowest BCUT2D eigenvalue weighted by Crippen LogP contribution is -2.38. The number of carbonyl (C=O) groups is 2. The van der Waals surface area contributed by atoms with Gasteiger partial charge in [0.25, 0.3) is 5.91 Å². The number of amides is 2. The average Bonchev–Trinajstić information content (AvgIpc) is 2.66. The van der Waals surface area contributed by atoms with Gasteiger partial charge >= 0.3 is 0 Å². The molecular weight excluding hydrogens is 347 g/mol. The van der Waals surface area contributed by atoms with Crippen molar-refractivity contribution in [3.05, 3.63) is 53.8 Å². The number of hydrogen-bond acceptors (Lipinski definition) is 3. The quantitative estimate of drug-likeness (QED) is 0.871. The first-order valence-corrected chi connectivity index (χ1v) is 9.06. The summed E-state index contributed by atoms with van der Waals surface area (Å²) in [6.45, 7) is 4.27. The average molecular weight is 370 g/mol. The van der Waals surface area contributed by atoms with Gasteiger partial charge in [0.1, 0.15) is 11.6 Å². The van der Waals surface area contributed by atoms with Crippen LogP contribution in [-0.4, -0.2) is 25.0 Å². The second kappa shape index (κ2) is 8.20. The lowest BCUT2D eigenvalue weighted by molar-refractivity contribution is -0.121. The molecule has 27 heavy (non-hydrogen) atoms. The standard InChI is InChI=1S/C21H23FN2O3/c1-14(2)21(26)24-11-3-4-15-5-8-17(12-19(15)24)23-20(25)13-27-18-9-6-16(22)7-10-18/h5-10,12,14H,3-4,11,13H2,1-2H3,(H,23,25). The predicted octanol–water partition coefficient (Wildman–Crippen LogP) is 3.78. The number of halogens is 1. The fourth-order valence-electron chi connectivity index (χ4n) is 3.07. The van der Waals surface area contributed by atoms with Gasteiger partial charge in [0.05, 0.1) is 0 Å².